The second-order valence-corrected chi connectivity index (χ2v) is 8.67. The first-order chi connectivity index (χ1) is 17.0. The first kappa shape index (κ1) is 23.1. The van der Waals surface area contributed by atoms with E-state index in [9.17, 15) is 13.6 Å². The maximum Gasteiger partial charge on any atom is 0.199 e. The average Bonchev–Trinajstić information content (AvgIpc) is 2.90. The molecule has 1 aliphatic rings. The van der Waals surface area contributed by atoms with Gasteiger partial charge in [0, 0.05) is 29.6 Å². The molecule has 1 saturated heterocycles. The number of ketones is 1. The third-order valence-corrected chi connectivity index (χ3v) is 6.36. The lowest BCUT2D eigenvalue weighted by Crippen LogP contribution is -2.36. The van der Waals surface area contributed by atoms with Gasteiger partial charge in [0.25, 0.3) is 0 Å². The van der Waals surface area contributed by atoms with E-state index in [1.54, 1.807) is 30.5 Å². The molecule has 35 heavy (non-hydrogen) atoms. The normalized spacial score (nSPS) is 13.7. The predicted molar refractivity (Wildman–Crippen MR) is 128 cm³/mol. The van der Waals surface area contributed by atoms with Crippen LogP contribution in [0.2, 0.25) is 0 Å². The van der Waals surface area contributed by atoms with Crippen LogP contribution < -0.4 is 9.62 Å². The fourth-order valence-corrected chi connectivity index (χ4v) is 4.38. The lowest BCUT2D eigenvalue weighted by atomic mass is 10.0. The molecule has 1 N–H and O–H groups in total. The van der Waals surface area contributed by atoms with Gasteiger partial charge in [-0.25, -0.2) is 18.2 Å². The maximum absolute atomic E-state index is 15.2. The van der Waals surface area contributed by atoms with E-state index >= 15 is 4.39 Å². The Kier molecular flexibility index (Phi) is 6.56. The molecule has 3 aromatic carbocycles. The van der Waals surface area contributed by atoms with Crippen molar-refractivity contribution in [2.45, 2.75) is 4.90 Å². The van der Waals surface area contributed by atoms with Crippen molar-refractivity contribution in [3.8, 4) is 0 Å². The molecule has 5 rings (SSSR count). The molecule has 0 unspecified atom stereocenters. The van der Waals surface area contributed by atoms with Crippen molar-refractivity contribution in [1.29, 1.82) is 0 Å². The third kappa shape index (κ3) is 4.80. The minimum atomic E-state index is -1.55. The van der Waals surface area contributed by atoms with Gasteiger partial charge in [-0.05, 0) is 42.3 Å². The van der Waals surface area contributed by atoms with Crippen molar-refractivity contribution in [1.82, 2.24) is 9.97 Å². The van der Waals surface area contributed by atoms with Crippen molar-refractivity contribution in [2.75, 3.05) is 35.9 Å². The molecule has 6 nitrogen and oxygen atoms in total. The van der Waals surface area contributed by atoms with E-state index in [1.165, 1.54) is 18.2 Å². The molecule has 1 aliphatic heterocycles. The molecule has 0 amide bonds. The number of carbonyl (C=O) groups is 1. The van der Waals surface area contributed by atoms with Gasteiger partial charge in [-0.15, -0.1) is 0 Å². The number of aromatic nitrogens is 2. The molecule has 10 heteroatoms. The van der Waals surface area contributed by atoms with E-state index in [-0.39, 0.29) is 11.3 Å². The molecule has 1 fully saturated rings. The number of nitrogens with zero attached hydrogens (tertiary/aromatic N) is 3. The molecule has 0 spiro atoms. The first-order valence-electron chi connectivity index (χ1n) is 10.8. The molecule has 0 radical (unpaired) electrons. The summed E-state index contributed by atoms with van der Waals surface area (Å²) in [6.07, 6.45) is 1.63. The van der Waals surface area contributed by atoms with Crippen LogP contribution in [0.5, 0.6) is 0 Å². The zero-order chi connectivity index (χ0) is 24.4. The van der Waals surface area contributed by atoms with E-state index < -0.39 is 28.8 Å². The van der Waals surface area contributed by atoms with Crippen LogP contribution in [0.3, 0.4) is 0 Å². The topological polar surface area (TPSA) is 67.4 Å². The minimum absolute atomic E-state index is 0.0315. The van der Waals surface area contributed by atoms with Crippen LogP contribution in [0.25, 0.3) is 11.0 Å². The molecule has 0 saturated carbocycles. The zero-order valence-corrected chi connectivity index (χ0v) is 19.1. The highest BCUT2D eigenvalue weighted by Crippen LogP contribution is 2.30. The Bertz CT molecular complexity index is 1400. The Morgan fingerprint density at radius 3 is 2.51 bits per heavy atom. The standard InChI is InChI=1S/C25H19F3N4O2S/c26-17-13-20(31-35-16-4-2-1-3-5-16)24(28)22(23(17)27)25(33)15-6-7-18-19(12-15)30-21(14-29-18)32-8-10-34-11-9-32/h1-7,12-14,31H,8-11H2. The number of halogens is 3. The quantitative estimate of drug-likeness (QED) is 0.223. The highest BCUT2D eigenvalue weighted by molar-refractivity contribution is 8.00. The second kappa shape index (κ2) is 9.93. The summed E-state index contributed by atoms with van der Waals surface area (Å²) in [4.78, 5) is 24.8. The zero-order valence-electron chi connectivity index (χ0n) is 18.3. The van der Waals surface area contributed by atoms with Gasteiger partial charge in [-0.1, -0.05) is 18.2 Å². The van der Waals surface area contributed by atoms with Gasteiger partial charge in [-0.3, -0.25) is 9.78 Å². The molecule has 1 aromatic heterocycles. The molecule has 178 valence electrons. The summed E-state index contributed by atoms with van der Waals surface area (Å²) in [6, 6.07) is 14.0. The summed E-state index contributed by atoms with van der Waals surface area (Å²) in [5, 5.41) is 0. The van der Waals surface area contributed by atoms with E-state index in [1.807, 2.05) is 11.0 Å². The van der Waals surface area contributed by atoms with Crippen LogP contribution in [0.15, 0.2) is 65.7 Å². The molecule has 2 heterocycles. The van der Waals surface area contributed by atoms with Crippen LogP contribution in [0.1, 0.15) is 15.9 Å². The Morgan fingerprint density at radius 2 is 1.74 bits per heavy atom. The molecule has 0 atom stereocenters. The average molecular weight is 497 g/mol. The van der Waals surface area contributed by atoms with Crippen LogP contribution in [0, 0.1) is 17.5 Å². The van der Waals surface area contributed by atoms with Crippen molar-refractivity contribution in [3.05, 3.63) is 89.4 Å². The second-order valence-electron chi connectivity index (χ2n) is 7.79. The molecule has 0 aliphatic carbocycles. The summed E-state index contributed by atoms with van der Waals surface area (Å²) in [5.74, 6) is -4.44. The molecular formula is C25H19F3N4O2S. The highest BCUT2D eigenvalue weighted by Gasteiger charge is 2.26. The van der Waals surface area contributed by atoms with Gasteiger partial charge in [0.2, 0.25) is 0 Å². The number of fused-ring (bicyclic) bond motifs is 1. The van der Waals surface area contributed by atoms with E-state index in [2.05, 4.69) is 14.7 Å². The Balaban J connectivity index is 1.47. The van der Waals surface area contributed by atoms with E-state index in [0.29, 0.717) is 49.2 Å². The number of hydrogen-bond donors (Lipinski definition) is 1. The number of anilines is 2. The van der Waals surface area contributed by atoms with Crippen molar-refractivity contribution >= 4 is 40.3 Å². The van der Waals surface area contributed by atoms with Gasteiger partial charge in [0.15, 0.2) is 23.2 Å². The predicted octanol–water partition coefficient (Wildman–Crippen LogP) is 5.23. The number of rotatable bonds is 6. The van der Waals surface area contributed by atoms with Gasteiger partial charge >= 0.3 is 0 Å². The van der Waals surface area contributed by atoms with Crippen LogP contribution in [-0.4, -0.2) is 42.1 Å². The van der Waals surface area contributed by atoms with Gasteiger partial charge in [0.05, 0.1) is 41.7 Å². The Morgan fingerprint density at radius 1 is 0.971 bits per heavy atom. The number of morpholine rings is 1. The summed E-state index contributed by atoms with van der Waals surface area (Å²) < 4.78 is 52.2. The van der Waals surface area contributed by atoms with Crippen LogP contribution >= 0.6 is 11.9 Å². The number of benzene rings is 3. The Labute approximate surface area is 203 Å². The summed E-state index contributed by atoms with van der Waals surface area (Å²) >= 11 is 1.01. The van der Waals surface area contributed by atoms with Gasteiger partial charge in [-0.2, -0.15) is 0 Å². The van der Waals surface area contributed by atoms with Gasteiger partial charge < -0.3 is 14.4 Å². The molecule has 0 bridgehead atoms. The molecule has 4 aromatic rings. The smallest absolute Gasteiger partial charge is 0.199 e. The summed E-state index contributed by atoms with van der Waals surface area (Å²) in [5.41, 5.74) is -0.444. The summed E-state index contributed by atoms with van der Waals surface area (Å²) in [7, 11) is 0. The SMILES string of the molecule is O=C(c1ccc2ncc(N3CCOCC3)nc2c1)c1c(F)c(F)cc(NSc2ccccc2)c1F. The third-order valence-electron chi connectivity index (χ3n) is 5.53. The summed E-state index contributed by atoms with van der Waals surface area (Å²) in [6.45, 7) is 2.43. The lowest BCUT2D eigenvalue weighted by molar-refractivity contribution is 0.103. The highest BCUT2D eigenvalue weighted by atomic mass is 32.2. The van der Waals surface area contributed by atoms with Crippen molar-refractivity contribution < 1.29 is 22.7 Å². The lowest BCUT2D eigenvalue weighted by Gasteiger charge is -2.27. The van der Waals surface area contributed by atoms with Crippen molar-refractivity contribution in [2.24, 2.45) is 0 Å². The largest absolute Gasteiger partial charge is 0.378 e. The minimum Gasteiger partial charge on any atom is -0.378 e. The van der Waals surface area contributed by atoms with Gasteiger partial charge in [0.1, 0.15) is 5.82 Å². The Hall–Kier alpha value is -3.63. The maximum atomic E-state index is 15.2. The van der Waals surface area contributed by atoms with E-state index in [4.69, 9.17) is 4.74 Å². The van der Waals surface area contributed by atoms with E-state index in [0.717, 1.165) is 16.8 Å². The number of nitrogens with one attached hydrogen (secondary N) is 1. The fourth-order valence-electron chi connectivity index (χ4n) is 3.71. The number of hydrogen-bond acceptors (Lipinski definition) is 7. The molecular weight excluding hydrogens is 477 g/mol. The fraction of sp³-hybridized carbons (Fsp3) is 0.160. The first-order valence-corrected chi connectivity index (χ1v) is 11.6. The monoisotopic (exact) mass is 496 g/mol. The van der Waals surface area contributed by atoms with Crippen LogP contribution in [0.4, 0.5) is 24.7 Å². The van der Waals surface area contributed by atoms with Crippen molar-refractivity contribution in [3.63, 3.8) is 0 Å². The number of carbonyl (C=O) groups excluding carboxylic acids is 1. The van der Waals surface area contributed by atoms with Crippen LogP contribution in [-0.2, 0) is 4.74 Å². The number of ether oxygens (including phenoxy) is 1.